The zero-order chi connectivity index (χ0) is 14.7. The van der Waals surface area contributed by atoms with E-state index in [1.165, 1.54) is 0 Å². The Kier molecular flexibility index (Phi) is 4.29. The van der Waals surface area contributed by atoms with E-state index in [1.54, 1.807) is 4.90 Å². The van der Waals surface area contributed by atoms with Crippen LogP contribution in [0.4, 0.5) is 10.1 Å². The standard InChI is InChI=1S/C13H16FN3O3/c1-2-5-16(10-7-15-8-10)13(18)11-6-9(14)3-4-12(11)17(19)20/h3-4,6,10,15H,2,5,7-8H2,1H3. The minimum absolute atomic E-state index is 0.0188. The molecule has 1 N–H and O–H groups in total. The van der Waals surface area contributed by atoms with E-state index in [2.05, 4.69) is 5.32 Å². The van der Waals surface area contributed by atoms with Crippen molar-refractivity contribution in [1.29, 1.82) is 0 Å². The van der Waals surface area contributed by atoms with E-state index in [0.29, 0.717) is 19.6 Å². The molecule has 1 amide bonds. The van der Waals surface area contributed by atoms with Crippen LogP contribution in [-0.4, -0.2) is 41.4 Å². The molecular weight excluding hydrogens is 265 g/mol. The van der Waals surface area contributed by atoms with E-state index in [0.717, 1.165) is 24.6 Å². The van der Waals surface area contributed by atoms with Crippen molar-refractivity contribution in [3.63, 3.8) is 0 Å². The lowest BCUT2D eigenvalue weighted by Crippen LogP contribution is -2.59. The maximum atomic E-state index is 13.3. The molecule has 0 bridgehead atoms. The molecule has 6 nitrogen and oxygen atoms in total. The van der Waals surface area contributed by atoms with E-state index in [4.69, 9.17) is 0 Å². The summed E-state index contributed by atoms with van der Waals surface area (Å²) in [6.07, 6.45) is 0.741. The van der Waals surface area contributed by atoms with Crippen molar-refractivity contribution >= 4 is 11.6 Å². The summed E-state index contributed by atoms with van der Waals surface area (Å²) in [6.45, 7) is 3.74. The molecule has 1 aromatic carbocycles. The molecule has 1 heterocycles. The summed E-state index contributed by atoms with van der Waals surface area (Å²) in [4.78, 5) is 24.4. The van der Waals surface area contributed by atoms with Gasteiger partial charge in [-0.25, -0.2) is 4.39 Å². The summed E-state index contributed by atoms with van der Waals surface area (Å²) >= 11 is 0. The van der Waals surface area contributed by atoms with Gasteiger partial charge >= 0.3 is 0 Å². The summed E-state index contributed by atoms with van der Waals surface area (Å²) in [5, 5.41) is 14.0. The fourth-order valence-corrected chi connectivity index (χ4v) is 2.18. The highest BCUT2D eigenvalue weighted by atomic mass is 19.1. The predicted octanol–water partition coefficient (Wildman–Crippen LogP) is 1.56. The first-order chi connectivity index (χ1) is 9.54. The third-order valence-corrected chi connectivity index (χ3v) is 3.31. The lowest BCUT2D eigenvalue weighted by atomic mass is 10.1. The Bertz CT molecular complexity index is 532. The number of nitrogens with one attached hydrogen (secondary N) is 1. The zero-order valence-corrected chi connectivity index (χ0v) is 11.1. The average Bonchev–Trinajstić information content (AvgIpc) is 2.34. The van der Waals surface area contributed by atoms with Gasteiger partial charge in [-0.15, -0.1) is 0 Å². The Morgan fingerprint density at radius 1 is 1.55 bits per heavy atom. The monoisotopic (exact) mass is 281 g/mol. The van der Waals surface area contributed by atoms with Gasteiger partial charge in [0.1, 0.15) is 11.4 Å². The number of nitro groups is 1. The van der Waals surface area contributed by atoms with Crippen molar-refractivity contribution in [2.75, 3.05) is 19.6 Å². The van der Waals surface area contributed by atoms with Gasteiger partial charge in [-0.05, 0) is 18.6 Å². The molecule has 1 saturated heterocycles. The highest BCUT2D eigenvalue weighted by Crippen LogP contribution is 2.23. The molecule has 1 fully saturated rings. The molecular formula is C13H16FN3O3. The summed E-state index contributed by atoms with van der Waals surface area (Å²) in [5.74, 6) is -1.13. The van der Waals surface area contributed by atoms with Crippen molar-refractivity contribution in [2.45, 2.75) is 19.4 Å². The Balaban J connectivity index is 2.34. The SMILES string of the molecule is CCCN(C(=O)c1cc(F)ccc1[N+](=O)[O-])C1CNC1. The maximum Gasteiger partial charge on any atom is 0.282 e. The zero-order valence-electron chi connectivity index (χ0n) is 11.1. The number of benzene rings is 1. The van der Waals surface area contributed by atoms with Gasteiger partial charge in [-0.2, -0.15) is 0 Å². The normalized spacial score (nSPS) is 14.7. The Hall–Kier alpha value is -2.02. The van der Waals surface area contributed by atoms with Gasteiger partial charge in [0, 0.05) is 25.7 Å². The topological polar surface area (TPSA) is 75.5 Å². The van der Waals surface area contributed by atoms with Crippen molar-refractivity contribution in [3.05, 3.63) is 39.7 Å². The quantitative estimate of drug-likeness (QED) is 0.656. The third-order valence-electron chi connectivity index (χ3n) is 3.31. The Labute approximate surface area is 115 Å². The number of hydrogen-bond acceptors (Lipinski definition) is 4. The molecule has 108 valence electrons. The molecule has 7 heteroatoms. The molecule has 0 radical (unpaired) electrons. The van der Waals surface area contributed by atoms with Crippen molar-refractivity contribution < 1.29 is 14.1 Å². The Morgan fingerprint density at radius 2 is 2.25 bits per heavy atom. The van der Waals surface area contributed by atoms with Gasteiger partial charge in [0.05, 0.1) is 11.0 Å². The van der Waals surface area contributed by atoms with Crippen LogP contribution in [0.5, 0.6) is 0 Å². The average molecular weight is 281 g/mol. The van der Waals surface area contributed by atoms with Crippen molar-refractivity contribution in [2.24, 2.45) is 0 Å². The van der Waals surface area contributed by atoms with E-state index in [1.807, 2.05) is 6.92 Å². The summed E-state index contributed by atoms with van der Waals surface area (Å²) < 4.78 is 13.3. The number of halogens is 1. The fraction of sp³-hybridized carbons (Fsp3) is 0.462. The van der Waals surface area contributed by atoms with Crippen LogP contribution in [-0.2, 0) is 0 Å². The lowest BCUT2D eigenvalue weighted by molar-refractivity contribution is -0.385. The first-order valence-electron chi connectivity index (χ1n) is 6.50. The van der Waals surface area contributed by atoms with Crippen molar-refractivity contribution in [1.82, 2.24) is 10.2 Å². The van der Waals surface area contributed by atoms with Gasteiger partial charge < -0.3 is 10.2 Å². The highest BCUT2D eigenvalue weighted by Gasteiger charge is 2.32. The van der Waals surface area contributed by atoms with Crippen LogP contribution < -0.4 is 5.32 Å². The molecule has 20 heavy (non-hydrogen) atoms. The third kappa shape index (κ3) is 2.77. The number of carbonyl (C=O) groups is 1. The van der Waals surface area contributed by atoms with Crippen LogP contribution in [0.15, 0.2) is 18.2 Å². The van der Waals surface area contributed by atoms with Crippen LogP contribution in [0.1, 0.15) is 23.7 Å². The number of nitrogens with zero attached hydrogens (tertiary/aromatic N) is 2. The smallest absolute Gasteiger partial charge is 0.282 e. The van der Waals surface area contributed by atoms with Crippen LogP contribution in [0, 0.1) is 15.9 Å². The molecule has 0 aromatic heterocycles. The molecule has 1 aliphatic rings. The summed E-state index contributed by atoms with van der Waals surface area (Å²) in [7, 11) is 0. The summed E-state index contributed by atoms with van der Waals surface area (Å²) in [5.41, 5.74) is -0.542. The molecule has 0 saturated carbocycles. The molecule has 0 aliphatic carbocycles. The molecule has 2 rings (SSSR count). The number of nitro benzene ring substituents is 1. The van der Waals surface area contributed by atoms with E-state index in [-0.39, 0.29) is 17.3 Å². The number of rotatable bonds is 5. The molecule has 0 spiro atoms. The van der Waals surface area contributed by atoms with Crippen LogP contribution in [0.3, 0.4) is 0 Å². The van der Waals surface area contributed by atoms with Crippen molar-refractivity contribution in [3.8, 4) is 0 Å². The number of amides is 1. The van der Waals surface area contributed by atoms with E-state index < -0.39 is 16.6 Å². The van der Waals surface area contributed by atoms with Gasteiger partial charge in [0.15, 0.2) is 0 Å². The first-order valence-corrected chi connectivity index (χ1v) is 6.50. The van der Waals surface area contributed by atoms with Gasteiger partial charge in [-0.3, -0.25) is 14.9 Å². The van der Waals surface area contributed by atoms with Gasteiger partial charge in [0.25, 0.3) is 11.6 Å². The second kappa shape index (κ2) is 5.96. The second-order valence-corrected chi connectivity index (χ2v) is 4.73. The number of carbonyl (C=O) groups excluding carboxylic acids is 1. The van der Waals surface area contributed by atoms with Crippen LogP contribution in [0.2, 0.25) is 0 Å². The second-order valence-electron chi connectivity index (χ2n) is 4.73. The van der Waals surface area contributed by atoms with Crippen LogP contribution in [0.25, 0.3) is 0 Å². The largest absolute Gasteiger partial charge is 0.333 e. The fourth-order valence-electron chi connectivity index (χ4n) is 2.18. The predicted molar refractivity (Wildman–Crippen MR) is 71.0 cm³/mol. The van der Waals surface area contributed by atoms with Crippen LogP contribution >= 0.6 is 0 Å². The minimum atomic E-state index is -0.657. The molecule has 0 atom stereocenters. The molecule has 1 aromatic rings. The lowest BCUT2D eigenvalue weighted by Gasteiger charge is -2.38. The first kappa shape index (κ1) is 14.4. The molecule has 1 aliphatic heterocycles. The Morgan fingerprint density at radius 3 is 2.75 bits per heavy atom. The van der Waals surface area contributed by atoms with Gasteiger partial charge in [-0.1, -0.05) is 6.92 Å². The van der Waals surface area contributed by atoms with E-state index >= 15 is 0 Å². The highest BCUT2D eigenvalue weighted by molar-refractivity contribution is 5.98. The number of hydrogen-bond donors (Lipinski definition) is 1. The maximum absolute atomic E-state index is 13.3. The molecule has 0 unspecified atom stereocenters. The summed E-state index contributed by atoms with van der Waals surface area (Å²) in [6, 6.07) is 2.98. The van der Waals surface area contributed by atoms with E-state index in [9.17, 15) is 19.3 Å². The van der Waals surface area contributed by atoms with Gasteiger partial charge in [0.2, 0.25) is 0 Å². The minimum Gasteiger partial charge on any atom is -0.333 e.